The van der Waals surface area contributed by atoms with Crippen molar-refractivity contribution >= 4 is 5.91 Å². The van der Waals surface area contributed by atoms with Gasteiger partial charge in [0.05, 0.1) is 19.2 Å². The molecule has 3 rings (SSSR count). The van der Waals surface area contributed by atoms with Crippen LogP contribution in [-0.4, -0.2) is 41.6 Å². The molecule has 0 bridgehead atoms. The zero-order valence-electron chi connectivity index (χ0n) is 15.3. The highest BCUT2D eigenvalue weighted by atomic mass is 16.5. The normalized spacial score (nSPS) is 17.6. The molecular weight excluding hydrogens is 342 g/mol. The third-order valence-electron chi connectivity index (χ3n) is 4.64. The molecule has 2 aromatic rings. The number of amides is 1. The number of hydrogen-bond donors (Lipinski definition) is 2. The Kier molecular flexibility index (Phi) is 6.34. The third-order valence-corrected chi connectivity index (χ3v) is 4.64. The van der Waals surface area contributed by atoms with Crippen LogP contribution in [0.25, 0.3) is 11.1 Å². The SMILES string of the molecule is COc1ncc(-c2ccc(C[C@@H](C#N)NC(=O)[C@@H]3CCCCN3)cc2)cn1. The Bertz CT molecular complexity index is 793. The van der Waals surface area contributed by atoms with Crippen molar-refractivity contribution in [1.29, 1.82) is 5.26 Å². The minimum Gasteiger partial charge on any atom is -0.467 e. The van der Waals surface area contributed by atoms with Crippen LogP contribution in [0, 0.1) is 11.3 Å². The lowest BCUT2D eigenvalue weighted by molar-refractivity contribution is -0.124. The van der Waals surface area contributed by atoms with Crippen molar-refractivity contribution in [2.75, 3.05) is 13.7 Å². The van der Waals surface area contributed by atoms with Crippen molar-refractivity contribution in [3.63, 3.8) is 0 Å². The largest absolute Gasteiger partial charge is 0.467 e. The number of ether oxygens (including phenoxy) is 1. The molecule has 0 saturated carbocycles. The Labute approximate surface area is 158 Å². The van der Waals surface area contributed by atoms with Crippen LogP contribution in [-0.2, 0) is 11.2 Å². The van der Waals surface area contributed by atoms with Gasteiger partial charge in [0.1, 0.15) is 6.04 Å². The zero-order valence-corrected chi connectivity index (χ0v) is 15.3. The summed E-state index contributed by atoms with van der Waals surface area (Å²) in [6, 6.07) is 9.60. The smallest absolute Gasteiger partial charge is 0.316 e. The maximum absolute atomic E-state index is 12.3. The summed E-state index contributed by atoms with van der Waals surface area (Å²) in [7, 11) is 1.53. The summed E-state index contributed by atoms with van der Waals surface area (Å²) >= 11 is 0. The van der Waals surface area contributed by atoms with E-state index in [1.807, 2.05) is 24.3 Å². The zero-order chi connectivity index (χ0) is 19.1. The average Bonchev–Trinajstić information content (AvgIpc) is 2.74. The standard InChI is InChI=1S/C20H23N5O2/c1-27-20-23-12-16(13-24-20)15-7-5-14(6-8-15)10-17(11-21)25-19(26)18-4-2-3-9-22-18/h5-8,12-13,17-18,22H,2-4,9-10H2,1H3,(H,25,26)/t17-,18-/m0/s1. The topological polar surface area (TPSA) is 99.9 Å². The van der Waals surface area contributed by atoms with Gasteiger partial charge in [-0.25, -0.2) is 9.97 Å². The number of carbonyl (C=O) groups excluding carboxylic acids is 1. The van der Waals surface area contributed by atoms with E-state index < -0.39 is 6.04 Å². The van der Waals surface area contributed by atoms with Gasteiger partial charge in [-0.2, -0.15) is 5.26 Å². The van der Waals surface area contributed by atoms with Crippen LogP contribution in [0.3, 0.4) is 0 Å². The van der Waals surface area contributed by atoms with Gasteiger partial charge >= 0.3 is 6.01 Å². The summed E-state index contributed by atoms with van der Waals surface area (Å²) in [5.41, 5.74) is 2.85. The van der Waals surface area contributed by atoms with Gasteiger partial charge < -0.3 is 15.4 Å². The van der Waals surface area contributed by atoms with Gasteiger partial charge in [-0.15, -0.1) is 0 Å². The molecule has 7 heteroatoms. The van der Waals surface area contributed by atoms with E-state index in [4.69, 9.17) is 4.74 Å². The van der Waals surface area contributed by atoms with E-state index in [1.165, 1.54) is 7.11 Å². The molecule has 140 valence electrons. The highest BCUT2D eigenvalue weighted by Crippen LogP contribution is 2.19. The van der Waals surface area contributed by atoms with Crippen LogP contribution in [0.5, 0.6) is 6.01 Å². The average molecular weight is 365 g/mol. The minimum absolute atomic E-state index is 0.0896. The van der Waals surface area contributed by atoms with Gasteiger partial charge in [-0.05, 0) is 30.5 Å². The number of methoxy groups -OCH3 is 1. The maximum atomic E-state index is 12.3. The van der Waals surface area contributed by atoms with E-state index in [2.05, 4.69) is 26.7 Å². The van der Waals surface area contributed by atoms with Gasteiger partial charge in [0.2, 0.25) is 5.91 Å². The van der Waals surface area contributed by atoms with Gasteiger partial charge in [0.25, 0.3) is 0 Å². The molecule has 1 aliphatic heterocycles. The van der Waals surface area contributed by atoms with Crippen LogP contribution in [0.15, 0.2) is 36.7 Å². The number of benzene rings is 1. The van der Waals surface area contributed by atoms with Gasteiger partial charge in [-0.3, -0.25) is 4.79 Å². The predicted octanol–water partition coefficient (Wildman–Crippen LogP) is 1.85. The molecule has 0 radical (unpaired) electrons. The molecule has 0 aliphatic carbocycles. The third kappa shape index (κ3) is 5.02. The molecule has 2 heterocycles. The van der Waals surface area contributed by atoms with Gasteiger partial charge in [0.15, 0.2) is 0 Å². The summed E-state index contributed by atoms with van der Waals surface area (Å²) < 4.78 is 4.96. The molecule has 7 nitrogen and oxygen atoms in total. The number of aromatic nitrogens is 2. The van der Waals surface area contributed by atoms with Crippen molar-refractivity contribution in [2.45, 2.75) is 37.8 Å². The van der Waals surface area contributed by atoms with E-state index in [1.54, 1.807) is 12.4 Å². The first-order valence-electron chi connectivity index (χ1n) is 9.08. The fourth-order valence-electron chi connectivity index (χ4n) is 3.12. The summed E-state index contributed by atoms with van der Waals surface area (Å²) in [6.45, 7) is 0.853. The Hall–Kier alpha value is -2.98. The van der Waals surface area contributed by atoms with Gasteiger partial charge in [-0.1, -0.05) is 30.7 Å². The van der Waals surface area contributed by atoms with Crippen LogP contribution in [0.2, 0.25) is 0 Å². The number of hydrogen-bond acceptors (Lipinski definition) is 6. The first-order valence-corrected chi connectivity index (χ1v) is 9.08. The number of rotatable bonds is 6. The Balaban J connectivity index is 1.60. The number of piperidine rings is 1. The molecule has 0 unspecified atom stereocenters. The van der Waals surface area contributed by atoms with E-state index >= 15 is 0 Å². The summed E-state index contributed by atoms with van der Waals surface area (Å²) in [5.74, 6) is -0.0896. The lowest BCUT2D eigenvalue weighted by Gasteiger charge is -2.23. The van der Waals surface area contributed by atoms with Crippen LogP contribution in [0.1, 0.15) is 24.8 Å². The lowest BCUT2D eigenvalue weighted by Crippen LogP contribution is -2.49. The lowest BCUT2D eigenvalue weighted by atomic mass is 10.0. The second-order valence-corrected chi connectivity index (χ2v) is 6.55. The molecule has 1 amide bonds. The molecule has 1 aromatic carbocycles. The van der Waals surface area contributed by atoms with Crippen molar-refractivity contribution < 1.29 is 9.53 Å². The quantitative estimate of drug-likeness (QED) is 0.810. The highest BCUT2D eigenvalue weighted by Gasteiger charge is 2.22. The minimum atomic E-state index is -0.545. The maximum Gasteiger partial charge on any atom is 0.316 e. The molecule has 1 aliphatic rings. The monoisotopic (exact) mass is 365 g/mol. The highest BCUT2D eigenvalue weighted by molar-refractivity contribution is 5.82. The van der Waals surface area contributed by atoms with E-state index in [0.717, 1.165) is 42.5 Å². The fraction of sp³-hybridized carbons (Fsp3) is 0.400. The van der Waals surface area contributed by atoms with Crippen molar-refractivity contribution in [3.05, 3.63) is 42.2 Å². The van der Waals surface area contributed by atoms with E-state index in [0.29, 0.717) is 12.4 Å². The van der Waals surface area contributed by atoms with Crippen molar-refractivity contribution in [1.82, 2.24) is 20.6 Å². The van der Waals surface area contributed by atoms with Crippen LogP contribution < -0.4 is 15.4 Å². The van der Waals surface area contributed by atoms with E-state index in [9.17, 15) is 10.1 Å². The second-order valence-electron chi connectivity index (χ2n) is 6.55. The van der Waals surface area contributed by atoms with E-state index in [-0.39, 0.29) is 11.9 Å². The predicted molar refractivity (Wildman–Crippen MR) is 101 cm³/mol. The fourth-order valence-corrected chi connectivity index (χ4v) is 3.12. The Morgan fingerprint density at radius 2 is 2.04 bits per heavy atom. The summed E-state index contributed by atoms with van der Waals surface area (Å²) in [6.07, 6.45) is 6.83. The van der Waals surface area contributed by atoms with Crippen molar-refractivity contribution in [2.24, 2.45) is 0 Å². The molecule has 1 aromatic heterocycles. The summed E-state index contributed by atoms with van der Waals surface area (Å²) in [4.78, 5) is 20.5. The Morgan fingerprint density at radius 3 is 2.63 bits per heavy atom. The first-order chi connectivity index (χ1) is 13.2. The molecule has 1 saturated heterocycles. The molecule has 2 atom stereocenters. The Morgan fingerprint density at radius 1 is 1.30 bits per heavy atom. The van der Waals surface area contributed by atoms with Crippen LogP contribution in [0.4, 0.5) is 0 Å². The van der Waals surface area contributed by atoms with Crippen LogP contribution >= 0.6 is 0 Å². The molecule has 2 N–H and O–H groups in total. The summed E-state index contributed by atoms with van der Waals surface area (Å²) in [5, 5.41) is 15.5. The number of nitriles is 1. The molecule has 0 spiro atoms. The van der Waals surface area contributed by atoms with Crippen molar-refractivity contribution in [3.8, 4) is 23.2 Å². The molecular formula is C20H23N5O2. The molecule has 1 fully saturated rings. The number of nitrogens with one attached hydrogen (secondary N) is 2. The van der Waals surface area contributed by atoms with Gasteiger partial charge in [0, 0.05) is 24.4 Å². The first kappa shape index (κ1) is 18.8. The number of carbonyl (C=O) groups is 1. The molecule has 27 heavy (non-hydrogen) atoms. The number of nitrogens with zero attached hydrogens (tertiary/aromatic N) is 3. The second kappa shape index (κ2) is 9.10.